The molecule has 0 bridgehead atoms. The number of aliphatic hydroxyl groups is 1. The van der Waals surface area contributed by atoms with Crippen molar-refractivity contribution in [1.82, 2.24) is 0 Å². The van der Waals surface area contributed by atoms with Crippen LogP contribution >= 0.6 is 0 Å². The molecule has 2 fully saturated rings. The number of hydrogen-bond donors (Lipinski definition) is 1. The lowest BCUT2D eigenvalue weighted by atomic mass is 9.62. The molecular weight excluding hydrogens is 292 g/mol. The van der Waals surface area contributed by atoms with Crippen molar-refractivity contribution in [2.24, 2.45) is 23.2 Å². The Morgan fingerprint density at radius 2 is 2.09 bits per heavy atom. The Morgan fingerprint density at radius 1 is 1.35 bits per heavy atom. The number of esters is 1. The number of ether oxygens (including phenoxy) is 1. The van der Waals surface area contributed by atoms with E-state index in [9.17, 15) is 14.7 Å². The summed E-state index contributed by atoms with van der Waals surface area (Å²) in [5, 5.41) is 9.85. The molecule has 1 aliphatic heterocycles. The third-order valence-electron chi connectivity index (χ3n) is 6.55. The summed E-state index contributed by atoms with van der Waals surface area (Å²) in [4.78, 5) is 23.7. The number of rotatable bonds is 4. The number of Topliss-reactive ketones (excluding diaryl/α,β-unsaturated/α-hetero) is 1. The molecule has 0 saturated heterocycles. The number of carbonyl (C=O) groups excluding carboxylic acids is 2. The van der Waals surface area contributed by atoms with Crippen LogP contribution in [0.1, 0.15) is 65.7 Å². The van der Waals surface area contributed by atoms with E-state index >= 15 is 0 Å². The van der Waals surface area contributed by atoms with Crippen molar-refractivity contribution < 1.29 is 19.4 Å². The third-order valence-corrected chi connectivity index (χ3v) is 6.55. The van der Waals surface area contributed by atoms with Crippen LogP contribution in [0.25, 0.3) is 0 Å². The molecule has 2 aliphatic carbocycles. The number of allylic oxidation sites excluding steroid dienone is 1. The van der Waals surface area contributed by atoms with Gasteiger partial charge in [0.25, 0.3) is 0 Å². The summed E-state index contributed by atoms with van der Waals surface area (Å²) in [5.74, 6) is 1.79. The molecule has 0 aromatic heterocycles. The Hall–Kier alpha value is -1.16. The monoisotopic (exact) mass is 320 g/mol. The highest BCUT2D eigenvalue weighted by Crippen LogP contribution is 2.57. The zero-order valence-corrected chi connectivity index (χ0v) is 14.4. The van der Waals surface area contributed by atoms with Crippen LogP contribution in [0.15, 0.2) is 11.8 Å². The Labute approximate surface area is 138 Å². The summed E-state index contributed by atoms with van der Waals surface area (Å²) in [7, 11) is 0. The van der Waals surface area contributed by atoms with Gasteiger partial charge in [-0.1, -0.05) is 13.8 Å². The highest BCUT2D eigenvalue weighted by atomic mass is 16.6. The molecule has 1 unspecified atom stereocenters. The Morgan fingerprint density at radius 3 is 2.74 bits per heavy atom. The number of ketones is 1. The first kappa shape index (κ1) is 16.7. The quantitative estimate of drug-likeness (QED) is 0.807. The van der Waals surface area contributed by atoms with Gasteiger partial charge in [-0.05, 0) is 62.4 Å². The maximum absolute atomic E-state index is 12.2. The first-order valence-corrected chi connectivity index (χ1v) is 8.93. The van der Waals surface area contributed by atoms with Crippen LogP contribution in [0.4, 0.5) is 0 Å². The van der Waals surface area contributed by atoms with Gasteiger partial charge < -0.3 is 9.84 Å². The summed E-state index contributed by atoms with van der Waals surface area (Å²) in [5.41, 5.74) is -1.32. The lowest BCUT2D eigenvalue weighted by Crippen LogP contribution is -2.39. The van der Waals surface area contributed by atoms with E-state index in [-0.39, 0.29) is 11.3 Å². The van der Waals surface area contributed by atoms with Gasteiger partial charge in [-0.3, -0.25) is 4.79 Å². The van der Waals surface area contributed by atoms with Gasteiger partial charge >= 0.3 is 5.97 Å². The van der Waals surface area contributed by atoms with Gasteiger partial charge in [-0.2, -0.15) is 0 Å². The van der Waals surface area contributed by atoms with Gasteiger partial charge in [0, 0.05) is 18.8 Å². The largest absolute Gasteiger partial charge is 0.429 e. The molecule has 0 spiro atoms. The zero-order chi connectivity index (χ0) is 16.8. The van der Waals surface area contributed by atoms with Crippen LogP contribution in [0.3, 0.4) is 0 Å². The standard InChI is InChI=1S/C19H28O4/c1-12(6-7-13-11-19(3,22)17(21)23-13)14-8-9-15-16(20)5-4-10-18(14,15)2/h11-12,14-15,22H,4-10H2,1-3H3/t12-,14-,15?,18+,19+/m1/s1. The minimum Gasteiger partial charge on any atom is -0.429 e. The van der Waals surface area contributed by atoms with Gasteiger partial charge in [0.05, 0.1) is 0 Å². The van der Waals surface area contributed by atoms with E-state index in [1.54, 1.807) is 0 Å². The van der Waals surface area contributed by atoms with Gasteiger partial charge in [0.15, 0.2) is 5.60 Å². The van der Waals surface area contributed by atoms with Crippen molar-refractivity contribution in [3.63, 3.8) is 0 Å². The van der Waals surface area contributed by atoms with Crippen molar-refractivity contribution in [1.29, 1.82) is 0 Å². The Bertz CT molecular complexity index is 548. The van der Waals surface area contributed by atoms with E-state index in [4.69, 9.17) is 4.74 Å². The lowest BCUT2D eigenvalue weighted by molar-refractivity contribution is -0.150. The highest BCUT2D eigenvalue weighted by Gasteiger charge is 2.52. The fourth-order valence-electron chi connectivity index (χ4n) is 5.22. The fraction of sp³-hybridized carbons (Fsp3) is 0.789. The maximum atomic E-state index is 12.2. The lowest BCUT2D eigenvalue weighted by Gasteiger charge is -2.42. The van der Waals surface area contributed by atoms with Crippen molar-refractivity contribution in [2.45, 2.75) is 71.3 Å². The van der Waals surface area contributed by atoms with Gasteiger partial charge in [-0.15, -0.1) is 0 Å². The van der Waals surface area contributed by atoms with E-state index in [1.807, 2.05) is 0 Å². The Balaban J connectivity index is 1.62. The molecule has 3 rings (SSSR count). The van der Waals surface area contributed by atoms with Gasteiger partial charge in [-0.25, -0.2) is 4.79 Å². The molecule has 4 heteroatoms. The fourth-order valence-corrected chi connectivity index (χ4v) is 5.22. The van der Waals surface area contributed by atoms with Crippen LogP contribution in [-0.2, 0) is 14.3 Å². The molecule has 0 radical (unpaired) electrons. The van der Waals surface area contributed by atoms with Gasteiger partial charge in [0.2, 0.25) is 0 Å². The predicted molar refractivity (Wildman–Crippen MR) is 86.4 cm³/mol. The average molecular weight is 320 g/mol. The number of hydrogen-bond acceptors (Lipinski definition) is 4. The molecule has 3 aliphatic rings. The SMILES string of the molecule is C[C@H](CCC1=C[C@](C)(O)C(=O)O1)[C@H]1CCC2C(=O)CCC[C@]21C. The molecule has 1 heterocycles. The molecule has 5 atom stereocenters. The smallest absolute Gasteiger partial charge is 0.347 e. The first-order valence-electron chi connectivity index (χ1n) is 8.93. The van der Waals surface area contributed by atoms with Crippen LogP contribution < -0.4 is 0 Å². The van der Waals surface area contributed by atoms with Crippen molar-refractivity contribution in [2.75, 3.05) is 0 Å². The first-order chi connectivity index (χ1) is 10.7. The Kier molecular flexibility index (Phi) is 4.16. The third kappa shape index (κ3) is 2.86. The van der Waals surface area contributed by atoms with Crippen LogP contribution in [0, 0.1) is 23.2 Å². The van der Waals surface area contributed by atoms with E-state index in [2.05, 4.69) is 13.8 Å². The van der Waals surface area contributed by atoms with E-state index in [0.717, 1.165) is 38.5 Å². The number of fused-ring (bicyclic) bond motifs is 1. The highest BCUT2D eigenvalue weighted by molar-refractivity contribution is 5.85. The van der Waals surface area contributed by atoms with Crippen molar-refractivity contribution in [3.05, 3.63) is 11.8 Å². The molecule has 2 saturated carbocycles. The summed E-state index contributed by atoms with van der Waals surface area (Å²) in [6.45, 7) is 6.03. The maximum Gasteiger partial charge on any atom is 0.347 e. The van der Waals surface area contributed by atoms with Gasteiger partial charge in [0.1, 0.15) is 11.5 Å². The van der Waals surface area contributed by atoms with Crippen molar-refractivity contribution in [3.8, 4) is 0 Å². The molecule has 4 nitrogen and oxygen atoms in total. The zero-order valence-electron chi connectivity index (χ0n) is 14.4. The second-order valence-corrected chi connectivity index (χ2v) is 8.23. The normalized spacial score (nSPS) is 41.5. The molecule has 1 N–H and O–H groups in total. The molecule has 23 heavy (non-hydrogen) atoms. The van der Waals surface area contributed by atoms with Crippen LogP contribution in [-0.4, -0.2) is 22.5 Å². The number of carbonyl (C=O) groups is 2. The molecular formula is C19H28O4. The van der Waals surface area contributed by atoms with E-state index in [1.165, 1.54) is 13.0 Å². The topological polar surface area (TPSA) is 63.6 Å². The molecule has 0 aromatic carbocycles. The van der Waals surface area contributed by atoms with Crippen LogP contribution in [0.5, 0.6) is 0 Å². The van der Waals surface area contributed by atoms with E-state index < -0.39 is 11.6 Å². The molecule has 128 valence electrons. The second-order valence-electron chi connectivity index (χ2n) is 8.23. The van der Waals surface area contributed by atoms with Crippen molar-refractivity contribution >= 4 is 11.8 Å². The summed E-state index contributed by atoms with van der Waals surface area (Å²) >= 11 is 0. The minimum atomic E-state index is -1.47. The molecule has 0 aromatic rings. The van der Waals surface area contributed by atoms with E-state index in [0.29, 0.717) is 29.8 Å². The van der Waals surface area contributed by atoms with Crippen LogP contribution in [0.2, 0.25) is 0 Å². The summed E-state index contributed by atoms with van der Waals surface area (Å²) in [6.07, 6.45) is 8.25. The minimum absolute atomic E-state index is 0.154. The second kappa shape index (κ2) is 5.73. The number of cyclic esters (lactones) is 1. The summed E-state index contributed by atoms with van der Waals surface area (Å²) in [6, 6.07) is 0. The average Bonchev–Trinajstić information content (AvgIpc) is 2.94. The summed E-state index contributed by atoms with van der Waals surface area (Å²) < 4.78 is 5.16. The predicted octanol–water partition coefficient (Wildman–Crippen LogP) is 3.38. The molecule has 0 amide bonds.